The Kier molecular flexibility index (Phi) is 8.92. The first kappa shape index (κ1) is 28.5. The maximum absolute atomic E-state index is 13.6. The van der Waals surface area contributed by atoms with E-state index in [0.29, 0.717) is 53.4 Å². The number of amides is 1. The molecule has 0 unspecified atom stereocenters. The molecule has 5 aromatic rings. The van der Waals surface area contributed by atoms with Crippen LogP contribution in [-0.2, 0) is 9.53 Å². The van der Waals surface area contributed by atoms with Crippen molar-refractivity contribution >= 4 is 22.8 Å². The standard InChI is InChI=1S/C34H29F2NO5/c1-2-40-32(38)8-5-19-41-30-7-4-3-6-28(30)31-21-25-20-24(13-18-29(25)42-31)34(39)37-33(22-9-14-26(35)15-10-22)23-11-16-27(36)17-12-23/h3-4,6-7,9-18,20-21,33H,2,5,8,19H2,1H3,(H,37,39). The first-order valence-electron chi connectivity index (χ1n) is 13.6. The van der Waals surface area contributed by atoms with E-state index in [2.05, 4.69) is 5.32 Å². The van der Waals surface area contributed by atoms with E-state index in [-0.39, 0.29) is 18.3 Å². The molecule has 0 aliphatic carbocycles. The van der Waals surface area contributed by atoms with Crippen molar-refractivity contribution < 1.29 is 32.3 Å². The molecule has 42 heavy (non-hydrogen) atoms. The number of nitrogens with one attached hydrogen (secondary N) is 1. The molecule has 6 nitrogen and oxygen atoms in total. The minimum absolute atomic E-state index is 0.256. The van der Waals surface area contributed by atoms with Gasteiger partial charge in [0.25, 0.3) is 5.91 Å². The van der Waals surface area contributed by atoms with Crippen LogP contribution >= 0.6 is 0 Å². The third kappa shape index (κ3) is 6.83. The number of ether oxygens (including phenoxy) is 2. The fraction of sp³-hybridized carbons (Fsp3) is 0.176. The number of furan rings is 1. The average Bonchev–Trinajstić information content (AvgIpc) is 3.43. The summed E-state index contributed by atoms with van der Waals surface area (Å²) in [5, 5.41) is 3.71. The molecule has 1 N–H and O–H groups in total. The maximum atomic E-state index is 13.6. The number of fused-ring (bicyclic) bond motifs is 1. The number of rotatable bonds is 11. The largest absolute Gasteiger partial charge is 0.493 e. The Hall–Kier alpha value is -4.98. The summed E-state index contributed by atoms with van der Waals surface area (Å²) in [5.41, 5.74) is 3.03. The molecule has 5 rings (SSSR count). The van der Waals surface area contributed by atoms with Gasteiger partial charge < -0.3 is 19.2 Å². The summed E-state index contributed by atoms with van der Waals surface area (Å²) in [5.74, 6) is -0.226. The zero-order chi connectivity index (χ0) is 29.5. The van der Waals surface area contributed by atoms with Gasteiger partial charge in [-0.2, -0.15) is 0 Å². The molecule has 0 aliphatic rings. The van der Waals surface area contributed by atoms with E-state index in [1.165, 1.54) is 24.3 Å². The van der Waals surface area contributed by atoms with Crippen LogP contribution in [0, 0.1) is 11.6 Å². The van der Waals surface area contributed by atoms with Gasteiger partial charge in [-0.05, 0) is 85.1 Å². The summed E-state index contributed by atoms with van der Waals surface area (Å²) in [4.78, 5) is 25.0. The fourth-order valence-corrected chi connectivity index (χ4v) is 4.63. The van der Waals surface area contributed by atoms with Crippen molar-refractivity contribution in [3.63, 3.8) is 0 Å². The Bertz CT molecular complexity index is 1630. The van der Waals surface area contributed by atoms with Crippen molar-refractivity contribution in [2.75, 3.05) is 13.2 Å². The van der Waals surface area contributed by atoms with Gasteiger partial charge in [0.2, 0.25) is 0 Å². The molecule has 214 valence electrons. The lowest BCUT2D eigenvalue weighted by atomic mass is 9.98. The highest BCUT2D eigenvalue weighted by Gasteiger charge is 2.20. The smallest absolute Gasteiger partial charge is 0.305 e. The quantitative estimate of drug-likeness (QED) is 0.131. The summed E-state index contributed by atoms with van der Waals surface area (Å²) in [7, 11) is 0. The molecule has 0 bridgehead atoms. The van der Waals surface area contributed by atoms with E-state index in [1.54, 1.807) is 49.4 Å². The van der Waals surface area contributed by atoms with Crippen molar-refractivity contribution in [3.05, 3.63) is 125 Å². The van der Waals surface area contributed by atoms with E-state index < -0.39 is 17.7 Å². The van der Waals surface area contributed by atoms with Gasteiger partial charge in [-0.1, -0.05) is 36.4 Å². The van der Waals surface area contributed by atoms with Crippen molar-refractivity contribution in [1.29, 1.82) is 0 Å². The normalized spacial score (nSPS) is 11.0. The molecule has 0 radical (unpaired) electrons. The lowest BCUT2D eigenvalue weighted by molar-refractivity contribution is -0.143. The third-order valence-corrected chi connectivity index (χ3v) is 6.70. The van der Waals surface area contributed by atoms with Crippen LogP contribution in [0.2, 0.25) is 0 Å². The summed E-state index contributed by atoms with van der Waals surface area (Å²) in [6.45, 7) is 2.46. The molecule has 8 heteroatoms. The van der Waals surface area contributed by atoms with E-state index in [1.807, 2.05) is 30.3 Å². The van der Waals surface area contributed by atoms with Gasteiger partial charge in [0.1, 0.15) is 28.7 Å². The maximum Gasteiger partial charge on any atom is 0.305 e. The van der Waals surface area contributed by atoms with E-state index in [4.69, 9.17) is 13.9 Å². The van der Waals surface area contributed by atoms with Crippen molar-refractivity contribution in [3.8, 4) is 17.1 Å². The molecule has 0 spiro atoms. The fourth-order valence-electron chi connectivity index (χ4n) is 4.63. The highest BCUT2D eigenvalue weighted by Crippen LogP contribution is 2.35. The second kappa shape index (κ2) is 13.1. The molecule has 1 aromatic heterocycles. The lowest BCUT2D eigenvalue weighted by Crippen LogP contribution is -2.29. The second-order valence-electron chi connectivity index (χ2n) is 9.63. The number of carbonyl (C=O) groups is 2. The number of benzene rings is 4. The molecule has 0 atom stereocenters. The van der Waals surface area contributed by atoms with Crippen LogP contribution in [0.4, 0.5) is 8.78 Å². The molecule has 0 saturated carbocycles. The van der Waals surface area contributed by atoms with Gasteiger partial charge in [-0.3, -0.25) is 9.59 Å². The molecule has 0 aliphatic heterocycles. The Morgan fingerprint density at radius 1 is 0.857 bits per heavy atom. The van der Waals surface area contributed by atoms with Gasteiger partial charge in [0.15, 0.2) is 0 Å². The van der Waals surface area contributed by atoms with E-state index in [0.717, 1.165) is 10.9 Å². The first-order valence-corrected chi connectivity index (χ1v) is 13.6. The van der Waals surface area contributed by atoms with Crippen LogP contribution < -0.4 is 10.1 Å². The second-order valence-corrected chi connectivity index (χ2v) is 9.63. The molecule has 0 fully saturated rings. The lowest BCUT2D eigenvalue weighted by Gasteiger charge is -2.20. The number of halogens is 2. The Labute approximate surface area is 241 Å². The van der Waals surface area contributed by atoms with Crippen LogP contribution in [0.15, 0.2) is 101 Å². The van der Waals surface area contributed by atoms with Crippen molar-refractivity contribution in [1.82, 2.24) is 5.32 Å². The van der Waals surface area contributed by atoms with Crippen LogP contribution in [-0.4, -0.2) is 25.1 Å². The monoisotopic (exact) mass is 569 g/mol. The highest BCUT2D eigenvalue weighted by atomic mass is 19.1. The zero-order valence-electron chi connectivity index (χ0n) is 22.9. The summed E-state index contributed by atoms with van der Waals surface area (Å²) in [6.07, 6.45) is 0.789. The minimum Gasteiger partial charge on any atom is -0.493 e. The molecular weight excluding hydrogens is 540 g/mol. The minimum atomic E-state index is -0.623. The van der Waals surface area contributed by atoms with E-state index >= 15 is 0 Å². The molecule has 1 heterocycles. The van der Waals surface area contributed by atoms with Crippen molar-refractivity contribution in [2.24, 2.45) is 0 Å². The predicted octanol–water partition coefficient (Wildman–Crippen LogP) is 7.62. The van der Waals surface area contributed by atoms with Crippen LogP contribution in [0.5, 0.6) is 5.75 Å². The molecule has 0 saturated heterocycles. The predicted molar refractivity (Wildman–Crippen MR) is 155 cm³/mol. The van der Waals surface area contributed by atoms with Gasteiger partial charge >= 0.3 is 5.97 Å². The van der Waals surface area contributed by atoms with Crippen LogP contribution in [0.25, 0.3) is 22.3 Å². The van der Waals surface area contributed by atoms with Gasteiger partial charge in [0.05, 0.1) is 24.8 Å². The van der Waals surface area contributed by atoms with Crippen LogP contribution in [0.1, 0.15) is 47.3 Å². The van der Waals surface area contributed by atoms with Gasteiger partial charge in [-0.15, -0.1) is 0 Å². The van der Waals surface area contributed by atoms with Gasteiger partial charge in [0, 0.05) is 17.4 Å². The molecule has 4 aromatic carbocycles. The number of para-hydroxylation sites is 1. The number of carbonyl (C=O) groups excluding carboxylic acids is 2. The molecular formula is C34H29F2NO5. The first-order chi connectivity index (χ1) is 20.4. The Morgan fingerprint density at radius 3 is 2.19 bits per heavy atom. The summed E-state index contributed by atoms with van der Waals surface area (Å²) in [6, 6.07) is 25.4. The Morgan fingerprint density at radius 2 is 1.52 bits per heavy atom. The molecule has 1 amide bonds. The number of hydrogen-bond acceptors (Lipinski definition) is 5. The number of hydrogen-bond donors (Lipinski definition) is 1. The average molecular weight is 570 g/mol. The SMILES string of the molecule is CCOC(=O)CCCOc1ccccc1-c1cc2cc(C(=O)NC(c3ccc(F)cc3)c3ccc(F)cc3)ccc2o1. The highest BCUT2D eigenvalue weighted by molar-refractivity contribution is 5.99. The van der Waals surface area contributed by atoms with Crippen molar-refractivity contribution in [2.45, 2.75) is 25.8 Å². The van der Waals surface area contributed by atoms with E-state index in [9.17, 15) is 18.4 Å². The van der Waals surface area contributed by atoms with Gasteiger partial charge in [-0.25, -0.2) is 8.78 Å². The summed E-state index contributed by atoms with van der Waals surface area (Å²) < 4.78 is 44.2. The topological polar surface area (TPSA) is 77.8 Å². The Balaban J connectivity index is 1.35. The third-order valence-electron chi connectivity index (χ3n) is 6.70. The van der Waals surface area contributed by atoms with Crippen LogP contribution in [0.3, 0.4) is 0 Å². The summed E-state index contributed by atoms with van der Waals surface area (Å²) >= 11 is 0. The number of esters is 1. The zero-order valence-corrected chi connectivity index (χ0v) is 22.9.